The lowest BCUT2D eigenvalue weighted by Crippen LogP contribution is -2.67. The molecule has 0 saturated carbocycles. The number of rotatable bonds is 8. The number of carboxylic acids is 1. The summed E-state index contributed by atoms with van der Waals surface area (Å²) in [6, 6.07) is 23.0. The van der Waals surface area contributed by atoms with E-state index in [0.717, 1.165) is 5.56 Å². The molecular formula is C31H25F2NO5. The van der Waals surface area contributed by atoms with Gasteiger partial charge in [0.25, 0.3) is 0 Å². The predicted molar refractivity (Wildman–Crippen MR) is 140 cm³/mol. The number of carbonyl (C=O) groups excluding carboxylic acids is 1. The van der Waals surface area contributed by atoms with Gasteiger partial charge in [-0.2, -0.15) is 0 Å². The molecule has 4 N–H and O–H groups in total. The lowest BCUT2D eigenvalue weighted by molar-refractivity contribution is -0.140. The second-order valence-electron chi connectivity index (χ2n) is 9.62. The van der Waals surface area contributed by atoms with Crippen molar-refractivity contribution >= 4 is 11.9 Å². The lowest BCUT2D eigenvalue weighted by atomic mass is 9.64. The number of β-lactam (4-membered cyclic amide) rings is 1. The molecule has 1 heterocycles. The quantitative estimate of drug-likeness (QED) is 0.224. The molecule has 0 aliphatic carbocycles. The van der Waals surface area contributed by atoms with Crippen LogP contribution in [0, 0.1) is 17.6 Å². The fraction of sp³-hybridized carbons (Fsp3) is 0.161. The van der Waals surface area contributed by atoms with Crippen LogP contribution in [0.15, 0.2) is 91.0 Å². The Kier molecular flexibility index (Phi) is 6.89. The molecule has 0 unspecified atom stereocenters. The van der Waals surface area contributed by atoms with E-state index in [0.29, 0.717) is 28.7 Å². The van der Waals surface area contributed by atoms with Crippen molar-refractivity contribution in [3.8, 4) is 16.9 Å². The van der Waals surface area contributed by atoms with Gasteiger partial charge in [-0.3, -0.25) is 4.79 Å². The Hall–Kier alpha value is -4.56. The van der Waals surface area contributed by atoms with Crippen LogP contribution in [-0.4, -0.2) is 27.2 Å². The van der Waals surface area contributed by atoms with E-state index in [-0.39, 0.29) is 23.6 Å². The van der Waals surface area contributed by atoms with Crippen LogP contribution in [0.5, 0.6) is 5.75 Å². The van der Waals surface area contributed by atoms with Crippen LogP contribution in [-0.2, 0) is 10.3 Å². The van der Waals surface area contributed by atoms with Gasteiger partial charge < -0.3 is 20.6 Å². The summed E-state index contributed by atoms with van der Waals surface area (Å²) in [5.74, 6) is -3.17. The van der Waals surface area contributed by atoms with Crippen LogP contribution < -0.4 is 5.32 Å². The summed E-state index contributed by atoms with van der Waals surface area (Å²) in [4.78, 5) is 24.1. The number of carboxylic acid groups (broad SMARTS) is 1. The molecule has 39 heavy (non-hydrogen) atoms. The maximum Gasteiger partial charge on any atom is 0.339 e. The molecule has 4 aromatic rings. The SMILES string of the molecule is O=C(O)c1ccc(-c2ccc([C@@]3(c4ccc(F)cc4)NC(=O)[C@@H]3CC[C@H](O)c3ccc(F)cc3)cc2)cc1O. The number of aliphatic hydroxyl groups excluding tert-OH is 1. The number of aliphatic hydroxyl groups is 1. The molecule has 4 aromatic carbocycles. The highest BCUT2D eigenvalue weighted by Crippen LogP contribution is 2.47. The van der Waals surface area contributed by atoms with Crippen LogP contribution >= 0.6 is 0 Å². The Morgan fingerprint density at radius 2 is 1.38 bits per heavy atom. The van der Waals surface area contributed by atoms with E-state index in [2.05, 4.69) is 5.32 Å². The van der Waals surface area contributed by atoms with Crippen molar-refractivity contribution < 1.29 is 33.7 Å². The number of hydrogen-bond acceptors (Lipinski definition) is 4. The molecule has 0 bridgehead atoms. The van der Waals surface area contributed by atoms with Gasteiger partial charge in [0.1, 0.15) is 28.5 Å². The van der Waals surface area contributed by atoms with Gasteiger partial charge in [0.2, 0.25) is 5.91 Å². The fourth-order valence-corrected chi connectivity index (χ4v) is 5.25. The topological polar surface area (TPSA) is 107 Å². The molecule has 1 amide bonds. The van der Waals surface area contributed by atoms with Gasteiger partial charge in [-0.1, -0.05) is 54.6 Å². The van der Waals surface area contributed by atoms with Crippen molar-refractivity contribution in [2.45, 2.75) is 24.5 Å². The molecule has 3 atom stereocenters. The van der Waals surface area contributed by atoms with Crippen molar-refractivity contribution in [1.82, 2.24) is 5.32 Å². The van der Waals surface area contributed by atoms with E-state index in [1.165, 1.54) is 48.5 Å². The van der Waals surface area contributed by atoms with Crippen LogP contribution in [0.4, 0.5) is 8.78 Å². The molecule has 1 saturated heterocycles. The number of phenols is 1. The van der Waals surface area contributed by atoms with E-state index in [1.807, 2.05) is 12.1 Å². The number of aromatic carboxylic acids is 1. The first-order chi connectivity index (χ1) is 18.7. The molecule has 0 radical (unpaired) electrons. The van der Waals surface area contributed by atoms with E-state index >= 15 is 0 Å². The van der Waals surface area contributed by atoms with Gasteiger partial charge in [0, 0.05) is 0 Å². The summed E-state index contributed by atoms with van der Waals surface area (Å²) in [5, 5.41) is 33.0. The van der Waals surface area contributed by atoms with Crippen LogP contribution in [0.1, 0.15) is 46.0 Å². The van der Waals surface area contributed by atoms with Crippen LogP contribution in [0.2, 0.25) is 0 Å². The van der Waals surface area contributed by atoms with Crippen molar-refractivity contribution in [3.05, 3.63) is 125 Å². The maximum absolute atomic E-state index is 13.8. The minimum absolute atomic E-state index is 0.200. The third-order valence-corrected chi connectivity index (χ3v) is 7.34. The van der Waals surface area contributed by atoms with Crippen molar-refractivity contribution in [2.75, 3.05) is 0 Å². The van der Waals surface area contributed by atoms with E-state index in [1.54, 1.807) is 30.3 Å². The summed E-state index contributed by atoms with van der Waals surface area (Å²) in [6.45, 7) is 0. The number of nitrogens with one attached hydrogen (secondary N) is 1. The van der Waals surface area contributed by atoms with Gasteiger partial charge in [-0.15, -0.1) is 0 Å². The van der Waals surface area contributed by atoms with Gasteiger partial charge in [0.05, 0.1) is 12.0 Å². The zero-order chi connectivity index (χ0) is 27.7. The molecule has 1 fully saturated rings. The number of hydrogen-bond donors (Lipinski definition) is 4. The zero-order valence-electron chi connectivity index (χ0n) is 20.6. The Morgan fingerprint density at radius 3 is 1.92 bits per heavy atom. The third kappa shape index (κ3) is 4.86. The Bertz CT molecular complexity index is 1520. The largest absolute Gasteiger partial charge is 0.507 e. The number of benzene rings is 4. The van der Waals surface area contributed by atoms with Gasteiger partial charge in [-0.25, -0.2) is 13.6 Å². The standard InChI is InChI=1S/C31H25F2NO5/c32-23-10-3-19(4-11-23)27(35)16-15-26-29(37)34-31(26,22-8-12-24(33)13-9-22)21-6-1-18(2-7-21)20-5-14-25(30(38)39)28(36)17-20/h1-14,17,26-27,35-36H,15-16H2,(H,34,37)(H,38,39)/t26-,27-,31-/m0/s1. The van der Waals surface area contributed by atoms with E-state index in [4.69, 9.17) is 5.11 Å². The number of halogens is 2. The smallest absolute Gasteiger partial charge is 0.339 e. The lowest BCUT2D eigenvalue weighted by Gasteiger charge is -2.50. The Balaban J connectivity index is 1.46. The first-order valence-electron chi connectivity index (χ1n) is 12.4. The highest BCUT2D eigenvalue weighted by molar-refractivity contribution is 5.92. The van der Waals surface area contributed by atoms with Gasteiger partial charge in [-0.05, 0) is 77.1 Å². The average molecular weight is 530 g/mol. The number of carbonyl (C=O) groups is 2. The minimum Gasteiger partial charge on any atom is -0.507 e. The molecule has 5 rings (SSSR count). The van der Waals surface area contributed by atoms with Gasteiger partial charge in [0.15, 0.2) is 0 Å². The summed E-state index contributed by atoms with van der Waals surface area (Å²) >= 11 is 0. The van der Waals surface area contributed by atoms with E-state index < -0.39 is 35.2 Å². The zero-order valence-corrected chi connectivity index (χ0v) is 20.6. The maximum atomic E-state index is 13.8. The van der Waals surface area contributed by atoms with Crippen LogP contribution in [0.25, 0.3) is 11.1 Å². The Morgan fingerprint density at radius 1 is 0.846 bits per heavy atom. The van der Waals surface area contributed by atoms with Crippen molar-refractivity contribution in [1.29, 1.82) is 0 Å². The average Bonchev–Trinajstić information content (AvgIpc) is 2.92. The molecule has 1 aliphatic rings. The molecule has 8 heteroatoms. The molecule has 6 nitrogen and oxygen atoms in total. The van der Waals surface area contributed by atoms with Crippen molar-refractivity contribution in [2.24, 2.45) is 5.92 Å². The molecular weight excluding hydrogens is 504 g/mol. The molecule has 1 aliphatic heterocycles. The highest BCUT2D eigenvalue weighted by atomic mass is 19.1. The summed E-state index contributed by atoms with van der Waals surface area (Å²) < 4.78 is 27.1. The number of aromatic hydroxyl groups is 1. The predicted octanol–water partition coefficient (Wildman–Crippen LogP) is 5.54. The van der Waals surface area contributed by atoms with Crippen molar-refractivity contribution in [3.63, 3.8) is 0 Å². The minimum atomic E-state index is -1.23. The summed E-state index contributed by atoms with van der Waals surface area (Å²) in [7, 11) is 0. The molecule has 198 valence electrons. The second kappa shape index (κ2) is 10.3. The van der Waals surface area contributed by atoms with Gasteiger partial charge >= 0.3 is 5.97 Å². The monoisotopic (exact) mass is 529 g/mol. The molecule has 0 spiro atoms. The second-order valence-corrected chi connectivity index (χ2v) is 9.62. The summed E-state index contributed by atoms with van der Waals surface area (Å²) in [5.41, 5.74) is 2.12. The molecule has 0 aromatic heterocycles. The number of amides is 1. The van der Waals surface area contributed by atoms with Crippen LogP contribution in [0.3, 0.4) is 0 Å². The van der Waals surface area contributed by atoms with E-state index in [9.17, 15) is 28.6 Å². The first kappa shape index (κ1) is 26.1. The first-order valence-corrected chi connectivity index (χ1v) is 12.4. The summed E-state index contributed by atoms with van der Waals surface area (Å²) in [6.07, 6.45) is -0.331. The Labute approximate surface area is 223 Å². The third-order valence-electron chi connectivity index (χ3n) is 7.34. The highest BCUT2D eigenvalue weighted by Gasteiger charge is 2.55. The fourth-order valence-electron chi connectivity index (χ4n) is 5.25. The normalized spacial score (nSPS) is 19.2.